The van der Waals surface area contributed by atoms with Crippen molar-refractivity contribution in [3.63, 3.8) is 0 Å². The van der Waals surface area contributed by atoms with E-state index in [1.807, 2.05) is 36.4 Å². The third-order valence-electron chi connectivity index (χ3n) is 4.31. The second-order valence-electron chi connectivity index (χ2n) is 5.93. The molecule has 2 N–H and O–H groups in total. The number of fused-ring (bicyclic) bond motifs is 1. The minimum absolute atomic E-state index is 0.0362. The highest BCUT2D eigenvalue weighted by atomic mass is 16.5. The lowest BCUT2D eigenvalue weighted by Gasteiger charge is -2.06. The van der Waals surface area contributed by atoms with E-state index in [1.54, 1.807) is 12.1 Å². The predicted molar refractivity (Wildman–Crippen MR) is 101 cm³/mol. The van der Waals surface area contributed by atoms with Gasteiger partial charge in [0, 0.05) is 11.8 Å². The first kappa shape index (κ1) is 16.6. The summed E-state index contributed by atoms with van der Waals surface area (Å²) in [6.45, 7) is 0. The number of methoxy groups -OCH3 is 1. The van der Waals surface area contributed by atoms with Crippen LogP contribution in [0.3, 0.4) is 0 Å². The fourth-order valence-electron chi connectivity index (χ4n) is 2.97. The van der Waals surface area contributed by atoms with E-state index >= 15 is 0 Å². The van der Waals surface area contributed by atoms with Crippen LogP contribution >= 0.6 is 0 Å². The quantitative estimate of drug-likeness (QED) is 0.582. The smallest absolute Gasteiger partial charge is 0.341 e. The molecule has 0 saturated carbocycles. The van der Waals surface area contributed by atoms with Gasteiger partial charge in [-0.15, -0.1) is 0 Å². The van der Waals surface area contributed by atoms with Crippen LogP contribution < -0.4 is 10.3 Å². The molecule has 7 nitrogen and oxygen atoms in total. The van der Waals surface area contributed by atoms with E-state index in [1.165, 1.54) is 24.1 Å². The second kappa shape index (κ2) is 6.45. The molecule has 27 heavy (non-hydrogen) atoms. The predicted octanol–water partition coefficient (Wildman–Crippen LogP) is 3.09. The van der Waals surface area contributed by atoms with Gasteiger partial charge < -0.3 is 9.84 Å². The number of hydrogen-bond donors (Lipinski definition) is 2. The summed E-state index contributed by atoms with van der Waals surface area (Å²) in [5.74, 6) is -1.09. The zero-order chi connectivity index (χ0) is 19.0. The average molecular weight is 361 g/mol. The number of carbonyl (C=O) groups is 1. The maximum Gasteiger partial charge on any atom is 0.341 e. The Morgan fingerprint density at radius 3 is 2.59 bits per heavy atom. The molecule has 2 aromatic heterocycles. The van der Waals surface area contributed by atoms with Crippen molar-refractivity contribution >= 4 is 16.9 Å². The number of nitrogens with zero attached hydrogens (tertiary/aromatic N) is 2. The van der Waals surface area contributed by atoms with Crippen molar-refractivity contribution in [2.75, 3.05) is 7.11 Å². The molecule has 0 bridgehead atoms. The molecule has 2 aromatic carbocycles. The Hall–Kier alpha value is -3.87. The van der Waals surface area contributed by atoms with Gasteiger partial charge in [0.2, 0.25) is 5.88 Å². The van der Waals surface area contributed by atoms with Crippen LogP contribution in [0.2, 0.25) is 0 Å². The summed E-state index contributed by atoms with van der Waals surface area (Å²) in [5.41, 5.74) is 2.48. The lowest BCUT2D eigenvalue weighted by molar-refractivity contribution is 0.0692. The van der Waals surface area contributed by atoms with E-state index in [0.29, 0.717) is 22.0 Å². The maximum atomic E-state index is 12.8. The fourth-order valence-corrected chi connectivity index (χ4v) is 2.97. The first-order valence-electron chi connectivity index (χ1n) is 8.16. The Morgan fingerprint density at radius 2 is 1.89 bits per heavy atom. The third-order valence-corrected chi connectivity index (χ3v) is 4.31. The SMILES string of the molecule is COc1ncc(-c2ccc3[nH]n(-c4ccccc4)c(=O)c3c2)cc1C(=O)O. The molecule has 0 amide bonds. The molecule has 0 spiro atoms. The Labute approximate surface area is 153 Å². The van der Waals surface area contributed by atoms with Crippen LogP contribution in [-0.4, -0.2) is 33.0 Å². The molecule has 0 fully saturated rings. The van der Waals surface area contributed by atoms with E-state index in [-0.39, 0.29) is 17.0 Å². The van der Waals surface area contributed by atoms with Crippen LogP contribution in [0.25, 0.3) is 27.7 Å². The Kier molecular flexibility index (Phi) is 3.97. The molecule has 0 aliphatic rings. The van der Waals surface area contributed by atoms with Gasteiger partial charge in [-0.05, 0) is 35.9 Å². The Morgan fingerprint density at radius 1 is 1.11 bits per heavy atom. The number of nitrogens with one attached hydrogen (secondary N) is 1. The number of H-pyrrole nitrogens is 1. The zero-order valence-electron chi connectivity index (χ0n) is 14.3. The highest BCUT2D eigenvalue weighted by Gasteiger charge is 2.15. The number of carboxylic acids is 1. The molecule has 7 heteroatoms. The topological polar surface area (TPSA) is 97.2 Å². The van der Waals surface area contributed by atoms with Gasteiger partial charge in [0.05, 0.1) is 23.7 Å². The van der Waals surface area contributed by atoms with Crippen molar-refractivity contribution in [3.05, 3.63) is 76.7 Å². The maximum absolute atomic E-state index is 12.8. The number of hydrogen-bond acceptors (Lipinski definition) is 4. The van der Waals surface area contributed by atoms with Crippen LogP contribution in [-0.2, 0) is 0 Å². The van der Waals surface area contributed by atoms with Gasteiger partial charge in [0.15, 0.2) is 0 Å². The number of benzene rings is 2. The molecular weight excluding hydrogens is 346 g/mol. The molecule has 2 heterocycles. The number of para-hydroxylation sites is 1. The summed E-state index contributed by atoms with van der Waals surface area (Å²) < 4.78 is 6.46. The van der Waals surface area contributed by atoms with E-state index in [4.69, 9.17) is 4.74 Å². The number of aromatic nitrogens is 3. The van der Waals surface area contributed by atoms with Crippen molar-refractivity contribution in [1.82, 2.24) is 14.8 Å². The molecule has 4 aromatic rings. The molecule has 0 atom stereocenters. The monoisotopic (exact) mass is 361 g/mol. The molecule has 134 valence electrons. The van der Waals surface area contributed by atoms with Crippen molar-refractivity contribution < 1.29 is 14.6 Å². The molecule has 0 aliphatic carbocycles. The highest BCUT2D eigenvalue weighted by molar-refractivity contribution is 5.92. The summed E-state index contributed by atoms with van der Waals surface area (Å²) in [5, 5.41) is 12.9. The fraction of sp³-hybridized carbons (Fsp3) is 0.0500. The van der Waals surface area contributed by atoms with Crippen LogP contribution in [0.15, 0.2) is 65.6 Å². The van der Waals surface area contributed by atoms with Gasteiger partial charge in [0.1, 0.15) is 5.56 Å². The molecule has 0 aliphatic heterocycles. The van der Waals surface area contributed by atoms with Gasteiger partial charge >= 0.3 is 5.97 Å². The van der Waals surface area contributed by atoms with Crippen LogP contribution in [0, 0.1) is 0 Å². The first-order valence-corrected chi connectivity index (χ1v) is 8.16. The minimum atomic E-state index is -1.13. The second-order valence-corrected chi connectivity index (χ2v) is 5.93. The van der Waals surface area contributed by atoms with Gasteiger partial charge in [-0.25, -0.2) is 14.5 Å². The normalized spacial score (nSPS) is 10.9. The summed E-state index contributed by atoms with van der Waals surface area (Å²) in [7, 11) is 1.37. The number of aromatic carboxylic acids is 1. The van der Waals surface area contributed by atoms with Gasteiger partial charge in [-0.2, -0.15) is 0 Å². The van der Waals surface area contributed by atoms with E-state index in [2.05, 4.69) is 10.1 Å². The molecule has 4 rings (SSSR count). The summed E-state index contributed by atoms with van der Waals surface area (Å²) >= 11 is 0. The molecule has 0 radical (unpaired) electrons. The molecule has 0 unspecified atom stereocenters. The Bertz CT molecular complexity index is 1210. The third kappa shape index (κ3) is 2.85. The number of ether oxygens (including phenoxy) is 1. The molecule has 0 saturated heterocycles. The van der Waals surface area contributed by atoms with E-state index in [0.717, 1.165) is 5.69 Å². The van der Waals surface area contributed by atoms with E-state index < -0.39 is 5.97 Å². The number of pyridine rings is 1. The average Bonchev–Trinajstić information content (AvgIpc) is 3.04. The van der Waals surface area contributed by atoms with Gasteiger partial charge in [-0.1, -0.05) is 24.3 Å². The minimum Gasteiger partial charge on any atom is -0.480 e. The van der Waals surface area contributed by atoms with Crippen molar-refractivity contribution in [3.8, 4) is 22.7 Å². The molecular formula is C20H15N3O4. The highest BCUT2D eigenvalue weighted by Crippen LogP contribution is 2.26. The largest absolute Gasteiger partial charge is 0.480 e. The van der Waals surface area contributed by atoms with Gasteiger partial charge in [-0.3, -0.25) is 9.89 Å². The van der Waals surface area contributed by atoms with Crippen LogP contribution in [0.1, 0.15) is 10.4 Å². The van der Waals surface area contributed by atoms with Crippen LogP contribution in [0.4, 0.5) is 0 Å². The van der Waals surface area contributed by atoms with Gasteiger partial charge in [0.25, 0.3) is 5.56 Å². The van der Waals surface area contributed by atoms with E-state index in [9.17, 15) is 14.7 Å². The lowest BCUT2D eigenvalue weighted by Crippen LogP contribution is -2.13. The number of carboxylic acid groups (broad SMARTS) is 1. The number of rotatable bonds is 4. The van der Waals surface area contributed by atoms with Crippen molar-refractivity contribution in [1.29, 1.82) is 0 Å². The summed E-state index contributed by atoms with van der Waals surface area (Å²) in [6.07, 6.45) is 1.52. The Balaban J connectivity index is 1.85. The number of aromatic amines is 1. The zero-order valence-corrected chi connectivity index (χ0v) is 14.3. The standard InChI is InChI=1S/C20H15N3O4/c1-27-18-16(20(25)26)10-13(11-21-18)12-7-8-17-15(9-12)19(24)23(22-17)14-5-3-2-4-6-14/h2-11,22H,1H3,(H,25,26). The lowest BCUT2D eigenvalue weighted by atomic mass is 10.0. The summed E-state index contributed by atoms with van der Waals surface area (Å²) in [4.78, 5) is 28.3. The van der Waals surface area contributed by atoms with Crippen molar-refractivity contribution in [2.24, 2.45) is 0 Å². The first-order chi connectivity index (χ1) is 13.1. The van der Waals surface area contributed by atoms with Crippen LogP contribution in [0.5, 0.6) is 5.88 Å². The van der Waals surface area contributed by atoms with Crippen molar-refractivity contribution in [2.45, 2.75) is 0 Å². The summed E-state index contributed by atoms with van der Waals surface area (Å²) in [6, 6.07) is 16.1.